The topological polar surface area (TPSA) is 56.3 Å². The maximum Gasteiger partial charge on any atom is 0.335 e. The van der Waals surface area contributed by atoms with E-state index < -0.39 is 5.97 Å². The summed E-state index contributed by atoms with van der Waals surface area (Å²) in [6, 6.07) is 12.2. The van der Waals surface area contributed by atoms with Crippen molar-refractivity contribution in [3.8, 4) is 0 Å². The number of aryl methyl sites for hydroxylation is 2. The molecule has 1 aromatic heterocycles. The Bertz CT molecular complexity index is 989. The van der Waals surface area contributed by atoms with E-state index in [9.17, 15) is 9.90 Å². The zero-order valence-corrected chi connectivity index (χ0v) is 16.0. The number of hydrogen-bond acceptors (Lipinski definition) is 2. The van der Waals surface area contributed by atoms with E-state index in [1.54, 1.807) is 6.07 Å². The molecule has 0 amide bonds. The number of likely N-dealkylation sites (tertiary alicyclic amines) is 1. The van der Waals surface area contributed by atoms with Crippen LogP contribution in [0.1, 0.15) is 57.9 Å². The normalized spacial score (nSPS) is 18.1. The van der Waals surface area contributed by atoms with Gasteiger partial charge in [-0.15, -0.1) is 0 Å². The quantitative estimate of drug-likeness (QED) is 0.670. The van der Waals surface area contributed by atoms with Gasteiger partial charge in [-0.2, -0.15) is 0 Å². The van der Waals surface area contributed by atoms with E-state index >= 15 is 0 Å². The second-order valence-corrected chi connectivity index (χ2v) is 7.73. The summed E-state index contributed by atoms with van der Waals surface area (Å²) in [6.45, 7) is 6.21. The Morgan fingerprint density at radius 3 is 2.89 bits per heavy atom. The summed E-state index contributed by atoms with van der Waals surface area (Å²) in [5.41, 5.74) is 6.58. The third kappa shape index (κ3) is 3.50. The van der Waals surface area contributed by atoms with Gasteiger partial charge in [0.2, 0.25) is 0 Å². The molecule has 1 saturated heterocycles. The molecule has 1 atom stereocenters. The van der Waals surface area contributed by atoms with E-state index in [1.165, 1.54) is 40.4 Å². The molecule has 1 fully saturated rings. The van der Waals surface area contributed by atoms with E-state index in [-0.39, 0.29) is 6.04 Å². The maximum atomic E-state index is 11.4. The van der Waals surface area contributed by atoms with Crippen LogP contribution in [0, 0.1) is 13.8 Å². The smallest absolute Gasteiger partial charge is 0.335 e. The van der Waals surface area contributed by atoms with Crippen LogP contribution in [0.2, 0.25) is 0 Å². The molecule has 1 aliphatic rings. The molecule has 140 valence electrons. The molecule has 2 heterocycles. The summed E-state index contributed by atoms with van der Waals surface area (Å²) in [7, 11) is 0. The van der Waals surface area contributed by atoms with Crippen LogP contribution in [0.15, 0.2) is 42.6 Å². The first-order chi connectivity index (χ1) is 13.0. The molecule has 2 aromatic carbocycles. The Morgan fingerprint density at radius 1 is 1.22 bits per heavy atom. The number of aromatic amines is 1. The van der Waals surface area contributed by atoms with Crippen molar-refractivity contribution in [3.63, 3.8) is 0 Å². The predicted octanol–water partition coefficient (Wildman–Crippen LogP) is 5.21. The first kappa shape index (κ1) is 17.8. The number of rotatable bonds is 4. The summed E-state index contributed by atoms with van der Waals surface area (Å²) in [5, 5.41) is 10.6. The number of nitrogens with zero attached hydrogens (tertiary/aromatic N) is 1. The van der Waals surface area contributed by atoms with Crippen LogP contribution in [-0.4, -0.2) is 27.5 Å². The number of benzene rings is 2. The van der Waals surface area contributed by atoms with Crippen molar-refractivity contribution in [2.24, 2.45) is 0 Å². The summed E-state index contributed by atoms with van der Waals surface area (Å²) in [6.07, 6.45) is 5.58. The van der Waals surface area contributed by atoms with Crippen LogP contribution in [0.3, 0.4) is 0 Å². The highest BCUT2D eigenvalue weighted by molar-refractivity contribution is 5.88. The molecule has 0 saturated carbocycles. The number of aromatic nitrogens is 1. The fourth-order valence-electron chi connectivity index (χ4n) is 4.44. The number of carboxylic acid groups (broad SMARTS) is 1. The fraction of sp³-hybridized carbons (Fsp3) is 0.348. The summed E-state index contributed by atoms with van der Waals surface area (Å²) in [4.78, 5) is 17.3. The molecular weight excluding hydrogens is 336 g/mol. The van der Waals surface area contributed by atoms with E-state index in [2.05, 4.69) is 48.1 Å². The summed E-state index contributed by atoms with van der Waals surface area (Å²) in [5.74, 6) is -0.859. The molecule has 1 unspecified atom stereocenters. The molecular formula is C23H26N2O2. The average molecular weight is 362 g/mol. The van der Waals surface area contributed by atoms with Gasteiger partial charge >= 0.3 is 5.97 Å². The molecule has 0 bridgehead atoms. The lowest BCUT2D eigenvalue weighted by molar-refractivity contribution is 0.0696. The number of fused-ring (bicyclic) bond motifs is 1. The minimum absolute atomic E-state index is 0.272. The minimum atomic E-state index is -0.859. The highest BCUT2D eigenvalue weighted by Gasteiger charge is 2.25. The molecule has 3 aromatic rings. The van der Waals surface area contributed by atoms with Gasteiger partial charge in [-0.1, -0.05) is 30.2 Å². The van der Waals surface area contributed by atoms with Crippen LogP contribution in [-0.2, 0) is 6.54 Å². The predicted molar refractivity (Wildman–Crippen MR) is 108 cm³/mol. The lowest BCUT2D eigenvalue weighted by atomic mass is 9.93. The largest absolute Gasteiger partial charge is 0.478 e. The van der Waals surface area contributed by atoms with Crippen molar-refractivity contribution >= 4 is 16.9 Å². The number of hydrogen-bond donors (Lipinski definition) is 2. The Morgan fingerprint density at radius 2 is 2.07 bits per heavy atom. The van der Waals surface area contributed by atoms with Crippen molar-refractivity contribution in [2.45, 2.75) is 45.7 Å². The standard InChI is InChI=1S/C23H26N2O2/c1-15-10-16(2)22-20(11-15)19(13-24-22)14-25-9-4-3-8-21(25)17-6-5-7-18(12-17)23(26)27/h5-7,10-13,21,24H,3-4,8-9,14H2,1-2H3,(H,26,27). The molecule has 27 heavy (non-hydrogen) atoms. The highest BCUT2D eigenvalue weighted by Crippen LogP contribution is 2.34. The summed E-state index contributed by atoms with van der Waals surface area (Å²) >= 11 is 0. The molecule has 0 aliphatic carbocycles. The van der Waals surface area contributed by atoms with Gasteiger partial charge in [0, 0.05) is 29.7 Å². The summed E-state index contributed by atoms with van der Waals surface area (Å²) < 4.78 is 0. The number of aromatic carboxylic acids is 1. The Labute approximate surface area is 159 Å². The van der Waals surface area contributed by atoms with Crippen LogP contribution >= 0.6 is 0 Å². The monoisotopic (exact) mass is 362 g/mol. The van der Waals surface area contributed by atoms with E-state index in [1.807, 2.05) is 12.1 Å². The fourth-order valence-corrected chi connectivity index (χ4v) is 4.44. The number of nitrogens with one attached hydrogen (secondary N) is 1. The Balaban J connectivity index is 1.66. The molecule has 4 nitrogen and oxygen atoms in total. The van der Waals surface area contributed by atoms with Gasteiger partial charge in [0.1, 0.15) is 0 Å². The van der Waals surface area contributed by atoms with Gasteiger partial charge in [-0.05, 0) is 68.1 Å². The molecule has 2 N–H and O–H groups in total. The van der Waals surface area contributed by atoms with Gasteiger partial charge in [0.05, 0.1) is 5.56 Å². The van der Waals surface area contributed by atoms with Crippen molar-refractivity contribution in [1.82, 2.24) is 9.88 Å². The van der Waals surface area contributed by atoms with Gasteiger partial charge < -0.3 is 10.1 Å². The van der Waals surface area contributed by atoms with Crippen molar-refractivity contribution in [2.75, 3.05) is 6.54 Å². The van der Waals surface area contributed by atoms with E-state index in [0.717, 1.165) is 25.1 Å². The highest BCUT2D eigenvalue weighted by atomic mass is 16.4. The van der Waals surface area contributed by atoms with Crippen LogP contribution in [0.4, 0.5) is 0 Å². The van der Waals surface area contributed by atoms with Crippen molar-refractivity contribution < 1.29 is 9.90 Å². The van der Waals surface area contributed by atoms with Crippen LogP contribution in [0.5, 0.6) is 0 Å². The van der Waals surface area contributed by atoms with E-state index in [4.69, 9.17) is 0 Å². The van der Waals surface area contributed by atoms with Crippen LogP contribution < -0.4 is 0 Å². The minimum Gasteiger partial charge on any atom is -0.478 e. The van der Waals surface area contributed by atoms with Crippen molar-refractivity contribution in [1.29, 1.82) is 0 Å². The Kier molecular flexibility index (Phi) is 4.75. The Hall–Kier alpha value is -2.59. The zero-order valence-electron chi connectivity index (χ0n) is 16.0. The molecule has 1 aliphatic heterocycles. The lowest BCUT2D eigenvalue weighted by Crippen LogP contribution is -2.33. The average Bonchev–Trinajstić information content (AvgIpc) is 3.05. The molecule has 0 spiro atoms. The number of carbonyl (C=O) groups is 1. The molecule has 4 rings (SSSR count). The van der Waals surface area contributed by atoms with Crippen LogP contribution in [0.25, 0.3) is 10.9 Å². The molecule has 0 radical (unpaired) electrons. The number of piperidine rings is 1. The SMILES string of the molecule is Cc1cc(C)c2[nH]cc(CN3CCCCC3c3cccc(C(=O)O)c3)c2c1. The maximum absolute atomic E-state index is 11.4. The lowest BCUT2D eigenvalue weighted by Gasteiger charge is -2.36. The van der Waals surface area contributed by atoms with Gasteiger partial charge in [0.25, 0.3) is 0 Å². The van der Waals surface area contributed by atoms with Gasteiger partial charge in [-0.3, -0.25) is 4.90 Å². The van der Waals surface area contributed by atoms with Crippen molar-refractivity contribution in [3.05, 3.63) is 70.4 Å². The second-order valence-electron chi connectivity index (χ2n) is 7.73. The first-order valence-corrected chi connectivity index (χ1v) is 9.67. The van der Waals surface area contributed by atoms with Gasteiger partial charge in [-0.25, -0.2) is 4.79 Å². The molecule has 4 heteroatoms. The second kappa shape index (κ2) is 7.20. The zero-order chi connectivity index (χ0) is 19.0. The first-order valence-electron chi connectivity index (χ1n) is 9.67. The van der Waals surface area contributed by atoms with E-state index in [0.29, 0.717) is 5.56 Å². The van der Waals surface area contributed by atoms with Gasteiger partial charge in [0.15, 0.2) is 0 Å². The number of H-pyrrole nitrogens is 1. The third-order valence-electron chi connectivity index (χ3n) is 5.72. The number of carboxylic acids is 1. The third-order valence-corrected chi connectivity index (χ3v) is 5.72.